The summed E-state index contributed by atoms with van der Waals surface area (Å²) in [6.07, 6.45) is 5.05. The first-order valence-corrected chi connectivity index (χ1v) is 5.05. The molecule has 0 aromatic carbocycles. The fraction of sp³-hybridized carbons (Fsp3) is 0.727. The van der Waals surface area contributed by atoms with E-state index >= 15 is 0 Å². The Morgan fingerprint density at radius 3 is 2.23 bits per heavy atom. The minimum atomic E-state index is -0.753. The summed E-state index contributed by atoms with van der Waals surface area (Å²) in [6.45, 7) is 5.98. The molecule has 0 rings (SSSR count). The Balaban J connectivity index is 4.14. The Hall–Kier alpha value is -0.790. The van der Waals surface area contributed by atoms with E-state index in [1.165, 1.54) is 12.8 Å². The van der Waals surface area contributed by atoms with Crippen LogP contribution in [0.15, 0.2) is 11.1 Å². The van der Waals surface area contributed by atoms with Gasteiger partial charge in [-0.05, 0) is 26.2 Å². The van der Waals surface area contributed by atoms with Crippen molar-refractivity contribution < 1.29 is 9.90 Å². The van der Waals surface area contributed by atoms with Crippen LogP contribution in [-0.2, 0) is 4.79 Å². The van der Waals surface area contributed by atoms with E-state index in [4.69, 9.17) is 5.11 Å². The molecular weight excluding hydrogens is 164 g/mol. The molecule has 0 unspecified atom stereocenters. The first-order chi connectivity index (χ1) is 6.13. The molecule has 0 aliphatic rings. The summed E-state index contributed by atoms with van der Waals surface area (Å²) in [6, 6.07) is 0. The Morgan fingerprint density at radius 1 is 1.23 bits per heavy atom. The van der Waals surface area contributed by atoms with Gasteiger partial charge in [-0.1, -0.05) is 32.3 Å². The topological polar surface area (TPSA) is 37.3 Å². The normalized spacial score (nSPS) is 12.5. The molecule has 0 aromatic rings. The number of hydrogen-bond acceptors (Lipinski definition) is 1. The predicted molar refractivity (Wildman–Crippen MR) is 54.8 cm³/mol. The monoisotopic (exact) mass is 184 g/mol. The van der Waals surface area contributed by atoms with Crippen LogP contribution in [0.3, 0.4) is 0 Å². The van der Waals surface area contributed by atoms with E-state index in [1.807, 2.05) is 13.8 Å². The third-order valence-corrected chi connectivity index (χ3v) is 2.28. The van der Waals surface area contributed by atoms with Crippen LogP contribution in [0.4, 0.5) is 0 Å². The smallest absolute Gasteiger partial charge is 0.331 e. The molecule has 0 spiro atoms. The molecule has 2 nitrogen and oxygen atoms in total. The van der Waals surface area contributed by atoms with E-state index in [0.29, 0.717) is 12.0 Å². The number of rotatable bonds is 6. The summed E-state index contributed by atoms with van der Waals surface area (Å²) in [4.78, 5) is 10.7. The Bertz CT molecular complexity index is 192. The molecule has 0 saturated heterocycles. The summed E-state index contributed by atoms with van der Waals surface area (Å²) in [5.41, 5.74) is 1.64. The second-order valence-corrected chi connectivity index (χ2v) is 3.37. The van der Waals surface area contributed by atoms with Crippen molar-refractivity contribution in [1.29, 1.82) is 0 Å². The van der Waals surface area contributed by atoms with Gasteiger partial charge < -0.3 is 5.11 Å². The fourth-order valence-corrected chi connectivity index (χ4v) is 1.43. The highest BCUT2D eigenvalue weighted by Gasteiger charge is 2.07. The summed E-state index contributed by atoms with van der Waals surface area (Å²) >= 11 is 0. The molecular formula is C11H20O2. The number of hydrogen-bond donors (Lipinski definition) is 1. The maximum Gasteiger partial charge on any atom is 0.331 e. The van der Waals surface area contributed by atoms with Crippen LogP contribution in [0, 0.1) is 0 Å². The van der Waals surface area contributed by atoms with Crippen molar-refractivity contribution in [1.82, 2.24) is 0 Å². The van der Waals surface area contributed by atoms with Crippen LogP contribution in [0.1, 0.15) is 52.9 Å². The van der Waals surface area contributed by atoms with Crippen molar-refractivity contribution in [2.45, 2.75) is 52.9 Å². The number of aliphatic carboxylic acids is 1. The van der Waals surface area contributed by atoms with E-state index in [9.17, 15) is 4.79 Å². The highest BCUT2D eigenvalue weighted by molar-refractivity contribution is 5.87. The Labute approximate surface area is 80.7 Å². The Morgan fingerprint density at radius 2 is 1.85 bits per heavy atom. The summed E-state index contributed by atoms with van der Waals surface area (Å²) in [5.74, 6) is -0.753. The third-order valence-electron chi connectivity index (χ3n) is 2.28. The van der Waals surface area contributed by atoms with Crippen LogP contribution < -0.4 is 0 Å². The first-order valence-electron chi connectivity index (χ1n) is 5.05. The number of carboxylic acids is 1. The molecule has 0 amide bonds. The lowest BCUT2D eigenvalue weighted by atomic mass is 10.0. The molecule has 0 radical (unpaired) electrons. The van der Waals surface area contributed by atoms with Crippen molar-refractivity contribution in [2.24, 2.45) is 0 Å². The summed E-state index contributed by atoms with van der Waals surface area (Å²) in [5, 5.41) is 8.84. The van der Waals surface area contributed by atoms with Crippen LogP contribution in [0.2, 0.25) is 0 Å². The number of carbonyl (C=O) groups is 1. The zero-order chi connectivity index (χ0) is 10.3. The molecule has 76 valence electrons. The quantitative estimate of drug-likeness (QED) is 0.507. The van der Waals surface area contributed by atoms with Crippen molar-refractivity contribution >= 4 is 5.97 Å². The molecule has 2 heteroatoms. The number of allylic oxidation sites excluding steroid dienone is 1. The van der Waals surface area contributed by atoms with Crippen molar-refractivity contribution in [3.8, 4) is 0 Å². The van der Waals surface area contributed by atoms with Gasteiger partial charge in [0.1, 0.15) is 0 Å². The molecule has 0 aliphatic heterocycles. The lowest BCUT2D eigenvalue weighted by molar-refractivity contribution is -0.132. The third kappa shape index (κ3) is 4.71. The molecule has 0 heterocycles. The van der Waals surface area contributed by atoms with Gasteiger partial charge in [0, 0.05) is 5.57 Å². The lowest BCUT2D eigenvalue weighted by Gasteiger charge is -2.05. The lowest BCUT2D eigenvalue weighted by Crippen LogP contribution is -2.02. The van der Waals surface area contributed by atoms with Gasteiger partial charge in [0.05, 0.1) is 0 Å². The minimum absolute atomic E-state index is 0.594. The van der Waals surface area contributed by atoms with Gasteiger partial charge >= 0.3 is 5.97 Å². The first kappa shape index (κ1) is 12.2. The van der Waals surface area contributed by atoms with Crippen molar-refractivity contribution in [2.75, 3.05) is 0 Å². The molecule has 0 saturated carbocycles. The molecule has 13 heavy (non-hydrogen) atoms. The summed E-state index contributed by atoms with van der Waals surface area (Å²) in [7, 11) is 0. The average molecular weight is 184 g/mol. The van der Waals surface area contributed by atoms with Crippen LogP contribution in [-0.4, -0.2) is 11.1 Å². The molecule has 0 bridgehead atoms. The largest absolute Gasteiger partial charge is 0.478 e. The van der Waals surface area contributed by atoms with Crippen LogP contribution >= 0.6 is 0 Å². The molecule has 0 aromatic heterocycles. The van der Waals surface area contributed by atoms with Crippen molar-refractivity contribution in [3.63, 3.8) is 0 Å². The highest BCUT2D eigenvalue weighted by atomic mass is 16.4. The average Bonchev–Trinajstić information content (AvgIpc) is 2.05. The van der Waals surface area contributed by atoms with Gasteiger partial charge in [-0.3, -0.25) is 0 Å². The van der Waals surface area contributed by atoms with Gasteiger partial charge in [0.15, 0.2) is 0 Å². The van der Waals surface area contributed by atoms with Crippen molar-refractivity contribution in [3.05, 3.63) is 11.1 Å². The molecule has 0 fully saturated rings. The zero-order valence-corrected chi connectivity index (χ0v) is 8.89. The standard InChI is InChI=1S/C11H20O2/c1-4-6-7-8-9(3)10(5-2)11(12)13/h4-8H2,1-3H3,(H,12,13)/b10-9-. The molecule has 0 aliphatic carbocycles. The van der Waals surface area contributed by atoms with Gasteiger partial charge in [0.25, 0.3) is 0 Å². The number of unbranched alkanes of at least 4 members (excludes halogenated alkanes) is 2. The fourth-order valence-electron chi connectivity index (χ4n) is 1.43. The maximum absolute atomic E-state index is 10.7. The predicted octanol–water partition coefficient (Wildman–Crippen LogP) is 3.38. The van der Waals surface area contributed by atoms with Gasteiger partial charge in [-0.15, -0.1) is 0 Å². The van der Waals surface area contributed by atoms with E-state index in [-0.39, 0.29) is 0 Å². The van der Waals surface area contributed by atoms with Crippen LogP contribution in [0.25, 0.3) is 0 Å². The van der Waals surface area contributed by atoms with Gasteiger partial charge in [-0.2, -0.15) is 0 Å². The number of carboxylic acid groups (broad SMARTS) is 1. The Kier molecular flexibility index (Phi) is 6.29. The van der Waals surface area contributed by atoms with E-state index in [0.717, 1.165) is 18.4 Å². The van der Waals surface area contributed by atoms with Gasteiger partial charge in [0.2, 0.25) is 0 Å². The van der Waals surface area contributed by atoms with Gasteiger partial charge in [-0.25, -0.2) is 4.79 Å². The highest BCUT2D eigenvalue weighted by Crippen LogP contribution is 2.15. The van der Waals surface area contributed by atoms with Crippen LogP contribution in [0.5, 0.6) is 0 Å². The minimum Gasteiger partial charge on any atom is -0.478 e. The SMILES string of the molecule is CCCCC/C(C)=C(/CC)C(=O)O. The molecule has 1 N–H and O–H groups in total. The van der Waals surface area contributed by atoms with E-state index in [1.54, 1.807) is 0 Å². The second-order valence-electron chi connectivity index (χ2n) is 3.37. The molecule has 0 atom stereocenters. The maximum atomic E-state index is 10.7. The zero-order valence-electron chi connectivity index (χ0n) is 8.89. The van der Waals surface area contributed by atoms with E-state index in [2.05, 4.69) is 6.92 Å². The van der Waals surface area contributed by atoms with E-state index < -0.39 is 5.97 Å². The summed E-state index contributed by atoms with van der Waals surface area (Å²) < 4.78 is 0. The second kappa shape index (κ2) is 6.70.